The second-order valence-electron chi connectivity index (χ2n) is 14.2. The number of rotatable bonds is 7. The largest absolute Gasteiger partial charge is 0.481 e. The molecule has 1 saturated carbocycles. The predicted octanol–water partition coefficient (Wildman–Crippen LogP) is 1.98. The smallest absolute Gasteiger partial charge is 0.308 e. The molecule has 1 aromatic heterocycles. The molecule has 0 spiro atoms. The standard InChI is InChI=1S/C32H49ClN6O4S/c1-17-11-22(30-29(36-17)24(15-44-30)32(41)42)21-12-19(33)3-6-28(21)43-10-9-39-18(2)37-25-5-4-20(13-23(25)31(39)40)38-8-7-26-27(14-38)35-16-34-26/h17,19-22,24,26-30,34-36H,3-16H2,1-2H3,(H,41,42). The Morgan fingerprint density at radius 1 is 1.16 bits per heavy atom. The fraction of sp³-hybridized carbons (Fsp3) is 0.844. The number of halogens is 1. The van der Waals surface area contributed by atoms with E-state index < -0.39 is 5.97 Å². The number of piperidine rings is 2. The molecule has 4 N–H and O–H groups in total. The van der Waals surface area contributed by atoms with Crippen molar-refractivity contribution in [2.24, 2.45) is 17.8 Å². The number of fused-ring (bicyclic) bond motifs is 3. The van der Waals surface area contributed by atoms with Crippen LogP contribution in [0, 0.1) is 24.7 Å². The average Bonchev–Trinajstić information content (AvgIpc) is 3.66. The Morgan fingerprint density at radius 3 is 2.84 bits per heavy atom. The van der Waals surface area contributed by atoms with Crippen molar-refractivity contribution in [2.75, 3.05) is 32.1 Å². The molecule has 5 heterocycles. The molecule has 11 atom stereocenters. The lowest BCUT2D eigenvalue weighted by Gasteiger charge is -2.47. The van der Waals surface area contributed by atoms with Gasteiger partial charge in [0.2, 0.25) is 0 Å². The molecule has 12 heteroatoms. The van der Waals surface area contributed by atoms with Crippen molar-refractivity contribution in [2.45, 2.75) is 119 Å². The number of hydrogen-bond acceptors (Lipinski definition) is 9. The minimum absolute atomic E-state index is 0.00770. The molecule has 5 fully saturated rings. The number of aromatic nitrogens is 2. The third-order valence-electron chi connectivity index (χ3n) is 11.6. The highest BCUT2D eigenvalue weighted by Crippen LogP contribution is 2.48. The van der Waals surface area contributed by atoms with Gasteiger partial charge in [-0.1, -0.05) is 0 Å². The third-order valence-corrected chi connectivity index (χ3v) is 13.6. The molecule has 1 aromatic rings. The fourth-order valence-corrected chi connectivity index (χ4v) is 11.5. The van der Waals surface area contributed by atoms with Crippen LogP contribution < -0.4 is 21.5 Å². The number of nitrogens with zero attached hydrogens (tertiary/aromatic N) is 3. The highest BCUT2D eigenvalue weighted by Gasteiger charge is 2.51. The predicted molar refractivity (Wildman–Crippen MR) is 173 cm³/mol. The van der Waals surface area contributed by atoms with Gasteiger partial charge in [0.05, 0.1) is 30.9 Å². The van der Waals surface area contributed by atoms with Crippen molar-refractivity contribution in [3.63, 3.8) is 0 Å². The lowest BCUT2D eigenvalue weighted by molar-refractivity contribution is -0.142. The van der Waals surface area contributed by atoms with Gasteiger partial charge in [-0.25, -0.2) is 4.98 Å². The molecular weight excluding hydrogens is 600 g/mol. The zero-order valence-corrected chi connectivity index (χ0v) is 27.6. The first-order valence-electron chi connectivity index (χ1n) is 16.9. The third kappa shape index (κ3) is 6.11. The maximum absolute atomic E-state index is 13.9. The van der Waals surface area contributed by atoms with Crippen LogP contribution in [0.3, 0.4) is 0 Å². The molecule has 4 saturated heterocycles. The summed E-state index contributed by atoms with van der Waals surface area (Å²) in [5.74, 6) is 1.04. The number of aryl methyl sites for hydroxylation is 2. The number of ether oxygens (including phenoxy) is 1. The molecule has 11 unspecified atom stereocenters. The summed E-state index contributed by atoms with van der Waals surface area (Å²) in [4.78, 5) is 33.4. The molecule has 10 nitrogen and oxygen atoms in total. The van der Waals surface area contributed by atoms with Gasteiger partial charge >= 0.3 is 5.97 Å². The molecule has 0 amide bonds. The number of alkyl halides is 1. The van der Waals surface area contributed by atoms with Crippen LogP contribution in [-0.4, -0.2) is 105 Å². The van der Waals surface area contributed by atoms with Crippen molar-refractivity contribution in [1.82, 2.24) is 30.4 Å². The van der Waals surface area contributed by atoms with Crippen molar-refractivity contribution < 1.29 is 14.6 Å². The number of hydrogen-bond donors (Lipinski definition) is 4. The van der Waals surface area contributed by atoms with Crippen LogP contribution in [0.15, 0.2) is 4.79 Å². The highest BCUT2D eigenvalue weighted by molar-refractivity contribution is 8.00. The lowest BCUT2D eigenvalue weighted by atomic mass is 9.70. The van der Waals surface area contributed by atoms with Gasteiger partial charge in [-0.05, 0) is 77.0 Å². The minimum atomic E-state index is -0.699. The van der Waals surface area contributed by atoms with Crippen LogP contribution in [-0.2, 0) is 28.9 Å². The summed E-state index contributed by atoms with van der Waals surface area (Å²) in [6.07, 6.45) is 7.66. The van der Waals surface area contributed by atoms with E-state index in [1.807, 2.05) is 23.3 Å². The van der Waals surface area contributed by atoms with E-state index in [-0.39, 0.29) is 46.2 Å². The summed E-state index contributed by atoms with van der Waals surface area (Å²) in [5, 5.41) is 21.0. The molecule has 0 radical (unpaired) electrons. The maximum Gasteiger partial charge on any atom is 0.308 e. The minimum Gasteiger partial charge on any atom is -0.481 e. The topological polar surface area (TPSA) is 121 Å². The number of thioether (sulfide) groups is 1. The van der Waals surface area contributed by atoms with Gasteiger partial charge in [-0.3, -0.25) is 24.4 Å². The van der Waals surface area contributed by atoms with E-state index in [0.717, 1.165) is 88.2 Å². The first-order chi connectivity index (χ1) is 21.3. The van der Waals surface area contributed by atoms with E-state index in [0.29, 0.717) is 42.9 Å². The molecule has 44 heavy (non-hydrogen) atoms. The SMILES string of the molecule is Cc1nc2c(c(=O)n1CCOC1CCC(Cl)CC1C1CC(C)NC3C(C(=O)O)CSC13)CC(N1CCC3NCNC3C1)CC2. The second kappa shape index (κ2) is 13.1. The Morgan fingerprint density at radius 2 is 2.00 bits per heavy atom. The molecule has 7 rings (SSSR count). The number of likely N-dealkylation sites (tertiary alicyclic amines) is 1. The van der Waals surface area contributed by atoms with Gasteiger partial charge in [-0.2, -0.15) is 11.8 Å². The average molecular weight is 649 g/mol. The van der Waals surface area contributed by atoms with Crippen molar-refractivity contribution in [3.8, 4) is 0 Å². The number of carboxylic acid groups (broad SMARTS) is 1. The summed E-state index contributed by atoms with van der Waals surface area (Å²) < 4.78 is 8.49. The Hall–Kier alpha value is -1.21. The van der Waals surface area contributed by atoms with E-state index >= 15 is 0 Å². The molecule has 2 aliphatic carbocycles. The summed E-state index contributed by atoms with van der Waals surface area (Å²) >= 11 is 8.57. The highest BCUT2D eigenvalue weighted by atomic mass is 35.5. The normalized spacial score (nSPS) is 40.8. The molecule has 244 valence electrons. The van der Waals surface area contributed by atoms with E-state index in [1.165, 1.54) is 0 Å². The van der Waals surface area contributed by atoms with Gasteiger partial charge in [0.1, 0.15) is 5.82 Å². The van der Waals surface area contributed by atoms with Crippen LogP contribution in [0.5, 0.6) is 0 Å². The van der Waals surface area contributed by atoms with Gasteiger partial charge in [0.15, 0.2) is 0 Å². The summed E-state index contributed by atoms with van der Waals surface area (Å²) in [6, 6.07) is 1.72. The van der Waals surface area contributed by atoms with Gasteiger partial charge in [-0.15, -0.1) is 11.6 Å². The van der Waals surface area contributed by atoms with E-state index in [9.17, 15) is 14.7 Å². The van der Waals surface area contributed by atoms with Gasteiger partial charge in [0.25, 0.3) is 5.56 Å². The van der Waals surface area contributed by atoms with Crippen molar-refractivity contribution in [3.05, 3.63) is 27.4 Å². The molecule has 0 aromatic carbocycles. The Kier molecular flexibility index (Phi) is 9.36. The Labute approximate surface area is 269 Å². The lowest BCUT2D eigenvalue weighted by Crippen LogP contribution is -2.57. The van der Waals surface area contributed by atoms with Gasteiger partial charge < -0.3 is 20.5 Å². The van der Waals surface area contributed by atoms with Crippen LogP contribution in [0.25, 0.3) is 0 Å². The Balaban J connectivity index is 1.02. The first kappa shape index (κ1) is 31.4. The van der Waals surface area contributed by atoms with Crippen molar-refractivity contribution in [1.29, 1.82) is 0 Å². The van der Waals surface area contributed by atoms with Crippen LogP contribution in [0.4, 0.5) is 0 Å². The summed E-state index contributed by atoms with van der Waals surface area (Å²) in [7, 11) is 0. The number of aliphatic carboxylic acids is 1. The number of carbonyl (C=O) groups is 1. The second-order valence-corrected chi connectivity index (χ2v) is 16.1. The number of nitrogens with one attached hydrogen (secondary N) is 3. The fourth-order valence-electron chi connectivity index (χ4n) is 9.38. The molecular formula is C32H49ClN6O4S. The van der Waals surface area contributed by atoms with E-state index in [4.69, 9.17) is 21.3 Å². The first-order valence-corrected chi connectivity index (χ1v) is 18.4. The van der Waals surface area contributed by atoms with E-state index in [1.54, 1.807) is 0 Å². The maximum atomic E-state index is 13.9. The molecule has 4 aliphatic heterocycles. The Bertz CT molecular complexity index is 1280. The van der Waals surface area contributed by atoms with Crippen LogP contribution >= 0.6 is 23.4 Å². The van der Waals surface area contributed by atoms with Crippen LogP contribution in [0.2, 0.25) is 0 Å². The van der Waals surface area contributed by atoms with E-state index in [2.05, 4.69) is 27.8 Å². The number of carboxylic acids is 1. The van der Waals surface area contributed by atoms with Crippen LogP contribution in [0.1, 0.15) is 62.5 Å². The van der Waals surface area contributed by atoms with Gasteiger partial charge in [0, 0.05) is 71.9 Å². The molecule has 0 bridgehead atoms. The monoisotopic (exact) mass is 648 g/mol. The molecule has 6 aliphatic rings. The van der Waals surface area contributed by atoms with Crippen molar-refractivity contribution >= 4 is 29.3 Å². The zero-order chi connectivity index (χ0) is 30.5. The quantitative estimate of drug-likeness (QED) is 0.327. The zero-order valence-electron chi connectivity index (χ0n) is 26.1. The summed E-state index contributed by atoms with van der Waals surface area (Å²) in [5.41, 5.74) is 1.99. The summed E-state index contributed by atoms with van der Waals surface area (Å²) in [6.45, 7) is 8.10.